The Bertz CT molecular complexity index is 982. The Balaban J connectivity index is 1.44. The first-order valence-corrected chi connectivity index (χ1v) is 7.73. The second kappa shape index (κ2) is 6.67. The summed E-state index contributed by atoms with van der Waals surface area (Å²) in [6.45, 7) is 0.194. The molecule has 1 aromatic heterocycles. The molecule has 0 saturated carbocycles. The summed E-state index contributed by atoms with van der Waals surface area (Å²) in [6.07, 6.45) is 1.42. The van der Waals surface area contributed by atoms with E-state index in [0.29, 0.717) is 22.8 Å². The van der Waals surface area contributed by atoms with Crippen molar-refractivity contribution in [3.63, 3.8) is 0 Å². The van der Waals surface area contributed by atoms with E-state index in [9.17, 15) is 9.18 Å². The number of benzene rings is 2. The number of ether oxygens (including phenoxy) is 2. The number of aromatic amines is 1. The molecule has 1 aliphatic heterocycles. The molecular weight excluding hydrogens is 339 g/mol. The SMILES string of the molecule is O=C(N/N=C\c1ccc(F)cc1)c1cc(-c2ccc3c(c2)OCO3)n[nH]1. The van der Waals surface area contributed by atoms with Gasteiger partial charge in [0.2, 0.25) is 6.79 Å². The number of rotatable bonds is 4. The number of carbonyl (C=O) groups excluding carboxylic acids is 1. The zero-order valence-electron chi connectivity index (χ0n) is 13.4. The van der Waals surface area contributed by atoms with Crippen LogP contribution in [0, 0.1) is 5.82 Å². The summed E-state index contributed by atoms with van der Waals surface area (Å²) in [6, 6.07) is 12.8. The van der Waals surface area contributed by atoms with Gasteiger partial charge >= 0.3 is 0 Å². The lowest BCUT2D eigenvalue weighted by Crippen LogP contribution is -2.17. The molecule has 0 atom stereocenters. The summed E-state index contributed by atoms with van der Waals surface area (Å²) in [7, 11) is 0. The molecule has 0 radical (unpaired) electrons. The molecule has 130 valence electrons. The number of fused-ring (bicyclic) bond motifs is 1. The minimum Gasteiger partial charge on any atom is -0.454 e. The molecule has 2 N–H and O–H groups in total. The topological polar surface area (TPSA) is 88.6 Å². The molecule has 2 heterocycles. The fourth-order valence-corrected chi connectivity index (χ4v) is 2.42. The van der Waals surface area contributed by atoms with E-state index in [1.54, 1.807) is 30.3 Å². The van der Waals surface area contributed by atoms with Gasteiger partial charge in [0.15, 0.2) is 11.5 Å². The number of hydrazone groups is 1. The molecule has 7 nitrogen and oxygen atoms in total. The van der Waals surface area contributed by atoms with Crippen molar-refractivity contribution in [2.45, 2.75) is 0 Å². The number of H-pyrrole nitrogens is 1. The van der Waals surface area contributed by atoms with E-state index in [4.69, 9.17) is 9.47 Å². The highest BCUT2D eigenvalue weighted by Crippen LogP contribution is 2.35. The average Bonchev–Trinajstić information content (AvgIpc) is 3.32. The fourth-order valence-electron chi connectivity index (χ4n) is 2.42. The van der Waals surface area contributed by atoms with Crippen LogP contribution in [0.2, 0.25) is 0 Å². The van der Waals surface area contributed by atoms with Crippen LogP contribution in [-0.4, -0.2) is 29.1 Å². The summed E-state index contributed by atoms with van der Waals surface area (Å²) in [5.41, 5.74) is 4.70. The predicted molar refractivity (Wildman–Crippen MR) is 91.6 cm³/mol. The molecule has 0 aliphatic carbocycles. The zero-order chi connectivity index (χ0) is 17.9. The molecule has 0 bridgehead atoms. The van der Waals surface area contributed by atoms with E-state index in [1.807, 2.05) is 6.07 Å². The monoisotopic (exact) mass is 352 g/mol. The quantitative estimate of drug-likeness (QED) is 0.558. The molecule has 3 aromatic rings. The second-order valence-corrected chi connectivity index (χ2v) is 5.49. The Hall–Kier alpha value is -3.68. The largest absolute Gasteiger partial charge is 0.454 e. The highest BCUT2D eigenvalue weighted by Gasteiger charge is 2.16. The third-order valence-corrected chi connectivity index (χ3v) is 3.74. The number of aromatic nitrogens is 2. The van der Waals surface area contributed by atoms with Crippen molar-refractivity contribution in [3.8, 4) is 22.8 Å². The molecule has 1 aliphatic rings. The van der Waals surface area contributed by atoms with E-state index in [-0.39, 0.29) is 18.3 Å². The maximum atomic E-state index is 12.8. The zero-order valence-corrected chi connectivity index (χ0v) is 13.4. The van der Waals surface area contributed by atoms with Crippen LogP contribution in [0.4, 0.5) is 4.39 Å². The maximum absolute atomic E-state index is 12.8. The molecule has 0 spiro atoms. The Labute approximate surface area is 147 Å². The van der Waals surface area contributed by atoms with Gasteiger partial charge in [-0.2, -0.15) is 10.2 Å². The molecule has 2 aromatic carbocycles. The number of nitrogens with zero attached hydrogens (tertiary/aromatic N) is 2. The van der Waals surface area contributed by atoms with E-state index in [1.165, 1.54) is 18.3 Å². The molecule has 0 fully saturated rings. The van der Waals surface area contributed by atoms with Crippen molar-refractivity contribution in [2.24, 2.45) is 5.10 Å². The average molecular weight is 352 g/mol. The predicted octanol–water partition coefficient (Wildman–Crippen LogP) is 2.71. The third-order valence-electron chi connectivity index (χ3n) is 3.74. The third kappa shape index (κ3) is 3.25. The van der Waals surface area contributed by atoms with Gasteiger partial charge in [0, 0.05) is 5.56 Å². The Kier molecular flexibility index (Phi) is 4.06. The minimum absolute atomic E-state index is 0.194. The van der Waals surface area contributed by atoms with Crippen LogP contribution in [0.5, 0.6) is 11.5 Å². The van der Waals surface area contributed by atoms with Crippen molar-refractivity contribution in [3.05, 3.63) is 65.6 Å². The van der Waals surface area contributed by atoms with Crippen LogP contribution < -0.4 is 14.9 Å². The molecular formula is C18H13FN4O3. The molecule has 1 amide bonds. The Morgan fingerprint density at radius 2 is 1.96 bits per heavy atom. The lowest BCUT2D eigenvalue weighted by Gasteiger charge is -1.99. The van der Waals surface area contributed by atoms with Crippen LogP contribution >= 0.6 is 0 Å². The highest BCUT2D eigenvalue weighted by atomic mass is 19.1. The summed E-state index contributed by atoms with van der Waals surface area (Å²) in [4.78, 5) is 12.1. The van der Waals surface area contributed by atoms with E-state index < -0.39 is 5.91 Å². The van der Waals surface area contributed by atoms with Crippen LogP contribution in [0.15, 0.2) is 53.6 Å². The van der Waals surface area contributed by atoms with Gasteiger partial charge in [-0.1, -0.05) is 12.1 Å². The van der Waals surface area contributed by atoms with Crippen LogP contribution in [0.25, 0.3) is 11.3 Å². The molecule has 4 rings (SSSR count). The lowest BCUT2D eigenvalue weighted by molar-refractivity contribution is 0.0950. The Morgan fingerprint density at radius 1 is 1.15 bits per heavy atom. The lowest BCUT2D eigenvalue weighted by atomic mass is 10.1. The Morgan fingerprint density at radius 3 is 2.81 bits per heavy atom. The second-order valence-electron chi connectivity index (χ2n) is 5.49. The minimum atomic E-state index is -0.442. The standard InChI is InChI=1S/C18H13FN4O3/c19-13-4-1-11(2-5-13)9-20-23-18(24)15-8-14(21-22-15)12-3-6-16-17(7-12)26-10-25-16/h1-9H,10H2,(H,21,22)(H,23,24)/b20-9-. The van der Waals surface area contributed by atoms with Crippen molar-refractivity contribution in [2.75, 3.05) is 6.79 Å². The number of hydrogen-bond acceptors (Lipinski definition) is 5. The van der Waals surface area contributed by atoms with E-state index in [2.05, 4.69) is 20.7 Å². The van der Waals surface area contributed by atoms with Crippen molar-refractivity contribution >= 4 is 12.1 Å². The molecule has 0 unspecified atom stereocenters. The maximum Gasteiger partial charge on any atom is 0.289 e. The summed E-state index contributed by atoms with van der Waals surface area (Å²) in [5.74, 6) is 0.542. The van der Waals surface area contributed by atoms with Crippen LogP contribution in [0.1, 0.15) is 16.1 Å². The summed E-state index contributed by atoms with van der Waals surface area (Å²) < 4.78 is 23.4. The first-order chi connectivity index (χ1) is 12.7. The normalized spacial score (nSPS) is 12.5. The van der Waals surface area contributed by atoms with Crippen LogP contribution in [0.3, 0.4) is 0 Å². The fraction of sp³-hybridized carbons (Fsp3) is 0.0556. The molecule has 8 heteroatoms. The van der Waals surface area contributed by atoms with Gasteiger partial charge in [0.1, 0.15) is 11.5 Å². The highest BCUT2D eigenvalue weighted by molar-refractivity contribution is 5.94. The number of nitrogens with one attached hydrogen (secondary N) is 2. The van der Waals surface area contributed by atoms with Gasteiger partial charge in [0.05, 0.1) is 11.9 Å². The van der Waals surface area contributed by atoms with Crippen LogP contribution in [-0.2, 0) is 0 Å². The first kappa shape index (κ1) is 15.8. The van der Waals surface area contributed by atoms with Gasteiger partial charge in [-0.05, 0) is 42.0 Å². The summed E-state index contributed by atoms with van der Waals surface area (Å²) in [5, 5.41) is 10.6. The number of carbonyl (C=O) groups is 1. The van der Waals surface area contributed by atoms with Gasteiger partial charge < -0.3 is 9.47 Å². The number of hydrogen-bond donors (Lipinski definition) is 2. The summed E-state index contributed by atoms with van der Waals surface area (Å²) >= 11 is 0. The van der Waals surface area contributed by atoms with E-state index >= 15 is 0 Å². The number of amides is 1. The molecule has 26 heavy (non-hydrogen) atoms. The van der Waals surface area contributed by atoms with Crippen molar-refractivity contribution < 1.29 is 18.7 Å². The molecule has 0 saturated heterocycles. The van der Waals surface area contributed by atoms with Gasteiger partial charge in [-0.25, -0.2) is 9.82 Å². The van der Waals surface area contributed by atoms with E-state index in [0.717, 1.165) is 5.56 Å². The van der Waals surface area contributed by atoms with Crippen molar-refractivity contribution in [1.82, 2.24) is 15.6 Å². The smallest absolute Gasteiger partial charge is 0.289 e. The van der Waals surface area contributed by atoms with Crippen molar-refractivity contribution in [1.29, 1.82) is 0 Å². The number of halogens is 1. The van der Waals surface area contributed by atoms with Gasteiger partial charge in [-0.3, -0.25) is 9.89 Å². The first-order valence-electron chi connectivity index (χ1n) is 7.73. The van der Waals surface area contributed by atoms with Gasteiger partial charge in [0.25, 0.3) is 5.91 Å². The van der Waals surface area contributed by atoms with Gasteiger partial charge in [-0.15, -0.1) is 0 Å².